The van der Waals surface area contributed by atoms with E-state index in [9.17, 15) is 4.79 Å². The van der Waals surface area contributed by atoms with Crippen molar-refractivity contribution in [1.29, 1.82) is 0 Å². The van der Waals surface area contributed by atoms with Gasteiger partial charge in [-0.15, -0.1) is 11.3 Å². The van der Waals surface area contributed by atoms with Gasteiger partial charge in [-0.1, -0.05) is 26.2 Å². The van der Waals surface area contributed by atoms with Gasteiger partial charge in [-0.25, -0.2) is 4.98 Å². The Kier molecular flexibility index (Phi) is 4.55. The van der Waals surface area contributed by atoms with Crippen LogP contribution >= 0.6 is 11.3 Å². The fourth-order valence-electron chi connectivity index (χ4n) is 2.86. The minimum absolute atomic E-state index is 0.299. The Bertz CT molecular complexity index is 405. The number of thiazole rings is 1. The van der Waals surface area contributed by atoms with Crippen molar-refractivity contribution in [2.75, 3.05) is 0 Å². The Morgan fingerprint density at radius 1 is 1.39 bits per heavy atom. The van der Waals surface area contributed by atoms with Crippen LogP contribution in [0.4, 0.5) is 0 Å². The number of rotatable bonds is 4. The van der Waals surface area contributed by atoms with Gasteiger partial charge in [0.05, 0.1) is 12.1 Å². The monoisotopic (exact) mass is 265 g/mol. The van der Waals surface area contributed by atoms with Gasteiger partial charge in [-0.05, 0) is 32.6 Å². The third kappa shape index (κ3) is 3.19. The van der Waals surface area contributed by atoms with Crippen LogP contribution in [-0.4, -0.2) is 10.8 Å². The second-order valence-corrected chi connectivity index (χ2v) is 6.82. The molecule has 3 heteroatoms. The molecule has 1 aromatic heterocycles. The van der Waals surface area contributed by atoms with Gasteiger partial charge < -0.3 is 0 Å². The van der Waals surface area contributed by atoms with Crippen LogP contribution < -0.4 is 0 Å². The number of ketones is 1. The average molecular weight is 265 g/mol. The number of hydrogen-bond acceptors (Lipinski definition) is 3. The molecule has 0 saturated heterocycles. The van der Waals surface area contributed by atoms with Crippen LogP contribution in [0, 0.1) is 25.7 Å². The third-order valence-corrected chi connectivity index (χ3v) is 5.29. The molecule has 0 radical (unpaired) electrons. The molecular weight excluding hydrogens is 242 g/mol. The van der Waals surface area contributed by atoms with Crippen LogP contribution in [0.25, 0.3) is 0 Å². The molecule has 1 aromatic rings. The molecule has 0 aromatic carbocycles. The third-order valence-electron chi connectivity index (χ3n) is 4.21. The fraction of sp³-hybridized carbons (Fsp3) is 0.733. The lowest BCUT2D eigenvalue weighted by atomic mass is 9.78. The number of Topliss-reactive ketones (excluding diaryl/α,β-unsaturated/α-hetero) is 1. The highest BCUT2D eigenvalue weighted by atomic mass is 32.1. The quantitative estimate of drug-likeness (QED) is 0.820. The first-order chi connectivity index (χ1) is 8.60. The van der Waals surface area contributed by atoms with Crippen LogP contribution in [0.5, 0.6) is 0 Å². The summed E-state index contributed by atoms with van der Waals surface area (Å²) in [7, 11) is 0. The molecule has 18 heavy (non-hydrogen) atoms. The van der Waals surface area contributed by atoms with Crippen molar-refractivity contribution in [3.05, 3.63) is 15.6 Å². The SMILES string of the molecule is CCC1CCCC(C(=O)Cc2nc(C)c(C)s2)C1. The van der Waals surface area contributed by atoms with Crippen molar-refractivity contribution in [3.8, 4) is 0 Å². The molecule has 2 unspecified atom stereocenters. The van der Waals surface area contributed by atoms with Crippen molar-refractivity contribution >= 4 is 17.1 Å². The number of aryl methyl sites for hydroxylation is 2. The summed E-state index contributed by atoms with van der Waals surface area (Å²) in [5, 5.41) is 1.01. The highest BCUT2D eigenvalue weighted by Crippen LogP contribution is 2.32. The molecule has 0 amide bonds. The molecule has 1 heterocycles. The molecule has 0 bridgehead atoms. The zero-order valence-electron chi connectivity index (χ0n) is 11.7. The highest BCUT2D eigenvalue weighted by molar-refractivity contribution is 7.11. The molecule has 1 saturated carbocycles. The Hall–Kier alpha value is -0.700. The summed E-state index contributed by atoms with van der Waals surface area (Å²) in [6, 6.07) is 0. The Labute approximate surface area is 114 Å². The maximum absolute atomic E-state index is 12.3. The second kappa shape index (κ2) is 5.96. The van der Waals surface area contributed by atoms with Crippen molar-refractivity contribution in [2.45, 2.75) is 59.3 Å². The molecule has 2 nitrogen and oxygen atoms in total. The molecule has 1 aliphatic rings. The summed E-state index contributed by atoms with van der Waals surface area (Å²) < 4.78 is 0. The lowest BCUT2D eigenvalue weighted by molar-refractivity contribution is -0.123. The minimum Gasteiger partial charge on any atom is -0.299 e. The summed E-state index contributed by atoms with van der Waals surface area (Å²) in [6.07, 6.45) is 6.53. The molecule has 0 spiro atoms. The molecule has 0 N–H and O–H groups in total. The highest BCUT2D eigenvalue weighted by Gasteiger charge is 2.26. The van der Waals surface area contributed by atoms with E-state index < -0.39 is 0 Å². The normalized spacial score (nSPS) is 24.2. The van der Waals surface area contributed by atoms with Gasteiger partial charge in [0.1, 0.15) is 10.8 Å². The first-order valence-electron chi connectivity index (χ1n) is 7.05. The van der Waals surface area contributed by atoms with Crippen molar-refractivity contribution in [1.82, 2.24) is 4.98 Å². The molecule has 1 fully saturated rings. The van der Waals surface area contributed by atoms with E-state index in [1.54, 1.807) is 11.3 Å². The van der Waals surface area contributed by atoms with Crippen molar-refractivity contribution in [2.24, 2.45) is 11.8 Å². The topological polar surface area (TPSA) is 30.0 Å². The number of nitrogens with zero attached hydrogens (tertiary/aromatic N) is 1. The fourth-order valence-corrected chi connectivity index (χ4v) is 3.81. The molecule has 0 aliphatic heterocycles. The average Bonchev–Trinajstić information content (AvgIpc) is 2.68. The smallest absolute Gasteiger partial charge is 0.142 e. The minimum atomic E-state index is 0.299. The van der Waals surface area contributed by atoms with Gasteiger partial charge in [-0.3, -0.25) is 4.79 Å². The Balaban J connectivity index is 1.95. The van der Waals surface area contributed by atoms with E-state index in [0.29, 0.717) is 18.1 Å². The zero-order valence-corrected chi connectivity index (χ0v) is 12.5. The predicted molar refractivity (Wildman–Crippen MR) is 76.0 cm³/mol. The summed E-state index contributed by atoms with van der Waals surface area (Å²) >= 11 is 1.68. The van der Waals surface area contributed by atoms with Crippen LogP contribution in [0.2, 0.25) is 0 Å². The summed E-state index contributed by atoms with van der Waals surface area (Å²) in [4.78, 5) is 18.0. The van der Waals surface area contributed by atoms with Crippen LogP contribution in [0.1, 0.15) is 54.6 Å². The predicted octanol–water partition coefficient (Wildman–Crippen LogP) is 4.09. The number of carbonyl (C=O) groups excluding carboxylic acids is 1. The van der Waals surface area contributed by atoms with Gasteiger partial charge in [0.2, 0.25) is 0 Å². The van der Waals surface area contributed by atoms with Crippen LogP contribution in [0.3, 0.4) is 0 Å². The van der Waals surface area contributed by atoms with Crippen LogP contribution in [0.15, 0.2) is 0 Å². The van der Waals surface area contributed by atoms with Gasteiger partial charge in [0.25, 0.3) is 0 Å². The molecule has 1 aliphatic carbocycles. The Morgan fingerprint density at radius 2 is 2.17 bits per heavy atom. The van der Waals surface area contributed by atoms with E-state index in [-0.39, 0.29) is 0 Å². The number of aromatic nitrogens is 1. The van der Waals surface area contributed by atoms with E-state index in [1.165, 1.54) is 24.1 Å². The molecular formula is C15H23NOS. The second-order valence-electron chi connectivity index (χ2n) is 5.53. The Morgan fingerprint density at radius 3 is 2.78 bits per heavy atom. The molecule has 100 valence electrons. The standard InChI is InChI=1S/C15H23NOS/c1-4-12-6-5-7-13(8-12)14(17)9-15-16-10(2)11(3)18-15/h12-13H,4-9H2,1-3H3. The maximum Gasteiger partial charge on any atom is 0.142 e. The van der Waals surface area contributed by atoms with Crippen LogP contribution in [-0.2, 0) is 11.2 Å². The van der Waals surface area contributed by atoms with E-state index in [2.05, 4.69) is 18.8 Å². The largest absolute Gasteiger partial charge is 0.299 e. The van der Waals surface area contributed by atoms with Crippen molar-refractivity contribution in [3.63, 3.8) is 0 Å². The maximum atomic E-state index is 12.3. The lowest BCUT2D eigenvalue weighted by Gasteiger charge is -2.27. The molecule has 2 rings (SSSR count). The number of hydrogen-bond donors (Lipinski definition) is 0. The first kappa shape index (κ1) is 13.7. The summed E-state index contributed by atoms with van der Waals surface area (Å²) in [5.74, 6) is 1.49. The van der Waals surface area contributed by atoms with E-state index in [0.717, 1.165) is 29.5 Å². The van der Waals surface area contributed by atoms with Gasteiger partial charge >= 0.3 is 0 Å². The summed E-state index contributed by atoms with van der Waals surface area (Å²) in [6.45, 7) is 6.34. The van der Waals surface area contributed by atoms with E-state index in [1.807, 2.05) is 6.92 Å². The summed E-state index contributed by atoms with van der Waals surface area (Å²) in [5.41, 5.74) is 1.08. The van der Waals surface area contributed by atoms with Gasteiger partial charge in [-0.2, -0.15) is 0 Å². The zero-order chi connectivity index (χ0) is 13.1. The lowest BCUT2D eigenvalue weighted by Crippen LogP contribution is -2.24. The van der Waals surface area contributed by atoms with Gasteiger partial charge in [0.15, 0.2) is 0 Å². The van der Waals surface area contributed by atoms with E-state index >= 15 is 0 Å². The first-order valence-corrected chi connectivity index (χ1v) is 7.87. The van der Waals surface area contributed by atoms with Gasteiger partial charge in [0, 0.05) is 10.8 Å². The molecule has 2 atom stereocenters. The van der Waals surface area contributed by atoms with Crippen molar-refractivity contribution < 1.29 is 4.79 Å². The number of carbonyl (C=O) groups is 1. The van der Waals surface area contributed by atoms with E-state index in [4.69, 9.17) is 0 Å².